The van der Waals surface area contributed by atoms with Gasteiger partial charge in [0.15, 0.2) is 0 Å². The van der Waals surface area contributed by atoms with E-state index in [1.807, 2.05) is 0 Å². The molecule has 0 saturated heterocycles. The number of alkyl halides is 15. The van der Waals surface area contributed by atoms with Gasteiger partial charge in [0, 0.05) is 0 Å². The zero-order valence-corrected chi connectivity index (χ0v) is 15.6. The average Bonchev–Trinajstić information content (AvgIpc) is 2.31. The van der Waals surface area contributed by atoms with Gasteiger partial charge in [-0.1, -0.05) is 0 Å². The first-order chi connectivity index (χ1) is 12.1. The van der Waals surface area contributed by atoms with Crippen LogP contribution in [0.3, 0.4) is 0 Å². The Morgan fingerprint density at radius 1 is 0.400 bits per heavy atom. The summed E-state index contributed by atoms with van der Waals surface area (Å²) < 4.78 is 223. The van der Waals surface area contributed by atoms with E-state index in [1.165, 1.54) is 0 Å². The minimum atomic E-state index is -15.0. The molecule has 0 saturated carbocycles. The molecule has 0 aliphatic rings. The standard InChI is InChI=1S/C6F18P.C4H12N/c7-1(8,9)4(16,17)25(22,23,24,5(18,19)2(10,11)12)6(20,21)3(13,14)15;1-5(2,3)4/h;1-4H3/q-1;+1. The van der Waals surface area contributed by atoms with Gasteiger partial charge in [0.25, 0.3) is 0 Å². The third-order valence-electron chi connectivity index (χ3n) is 2.82. The van der Waals surface area contributed by atoms with Crippen molar-refractivity contribution in [3.63, 3.8) is 0 Å². The van der Waals surface area contributed by atoms with Gasteiger partial charge in [-0.3, -0.25) is 0 Å². The molecule has 0 radical (unpaired) electrons. The molecule has 20 heteroatoms. The van der Waals surface area contributed by atoms with Crippen LogP contribution in [0.4, 0.5) is 78.4 Å². The zero-order valence-electron chi connectivity index (χ0n) is 14.7. The SMILES string of the molecule is C[N+](C)(C)C.FC(F)(F)C(F)(F)[P-](F)(F)(F)(C(F)(F)C(F)(F)F)C(F)(F)C(F)(F)F. The van der Waals surface area contributed by atoms with Crippen LogP contribution in [0.25, 0.3) is 0 Å². The summed E-state index contributed by atoms with van der Waals surface area (Å²) in [6, 6.07) is 0. The molecule has 0 aromatic heterocycles. The molecule has 0 spiro atoms. The predicted octanol–water partition coefficient (Wildman–Crippen LogP) is 7.52. The second kappa shape index (κ2) is 6.57. The first-order valence-electron chi connectivity index (χ1n) is 6.55. The Hall–Kier alpha value is -0.870. The first kappa shape index (κ1) is 31.3. The maximum absolute atomic E-state index is 15.0. The van der Waals surface area contributed by atoms with Crippen molar-refractivity contribution < 1.29 is 82.9 Å². The Labute approximate surface area is 155 Å². The number of halogens is 18. The van der Waals surface area contributed by atoms with E-state index in [4.69, 9.17) is 0 Å². The summed E-state index contributed by atoms with van der Waals surface area (Å²) in [5, 5.41) is 0. The zero-order chi connectivity index (χ0) is 25.9. The summed E-state index contributed by atoms with van der Waals surface area (Å²) >= 11 is 0. The molecule has 0 aliphatic heterocycles. The molecule has 0 aromatic rings. The second-order valence-electron chi connectivity index (χ2n) is 7.09. The van der Waals surface area contributed by atoms with E-state index in [-0.39, 0.29) is 0 Å². The van der Waals surface area contributed by atoms with Gasteiger partial charge in [0.05, 0.1) is 28.2 Å². The van der Waals surface area contributed by atoms with Crippen LogP contribution in [0.1, 0.15) is 0 Å². The first-order valence-corrected chi connectivity index (χ1v) is 8.91. The van der Waals surface area contributed by atoms with Gasteiger partial charge in [-0.2, -0.15) is 0 Å². The Morgan fingerprint density at radius 3 is 0.567 bits per heavy atom. The van der Waals surface area contributed by atoms with Crippen LogP contribution in [0.15, 0.2) is 0 Å². The van der Waals surface area contributed by atoms with Gasteiger partial charge in [-0.25, -0.2) is 0 Å². The van der Waals surface area contributed by atoms with Crippen LogP contribution < -0.4 is 0 Å². The summed E-state index contributed by atoms with van der Waals surface area (Å²) in [5.41, 5.74) is -29.3. The van der Waals surface area contributed by atoms with E-state index < -0.39 is 42.4 Å². The minimum absolute atomic E-state index is 1.00. The average molecular weight is 519 g/mol. The Morgan fingerprint density at radius 2 is 0.500 bits per heavy atom. The van der Waals surface area contributed by atoms with Crippen LogP contribution in [0.2, 0.25) is 0 Å². The van der Waals surface area contributed by atoms with Crippen molar-refractivity contribution in [1.29, 1.82) is 0 Å². The fourth-order valence-corrected chi connectivity index (χ4v) is 4.02. The third kappa shape index (κ3) is 3.66. The molecule has 0 heterocycles. The van der Waals surface area contributed by atoms with Crippen LogP contribution in [0.5, 0.6) is 0 Å². The fraction of sp³-hybridized carbons (Fsp3) is 1.00. The summed E-state index contributed by atoms with van der Waals surface area (Å²) in [7, 11) is 8.50. The van der Waals surface area contributed by atoms with Crippen molar-refractivity contribution in [3.05, 3.63) is 0 Å². The topological polar surface area (TPSA) is 0 Å². The monoisotopic (exact) mass is 519 g/mol. The van der Waals surface area contributed by atoms with E-state index in [9.17, 15) is 78.4 Å². The molecule has 188 valence electrons. The normalized spacial score (nSPS) is 18.2. The molecule has 0 bridgehead atoms. The van der Waals surface area contributed by atoms with E-state index in [1.54, 1.807) is 0 Å². The quantitative estimate of drug-likeness (QED) is 0.206. The van der Waals surface area contributed by atoms with Crippen molar-refractivity contribution in [3.8, 4) is 0 Å². The Kier molecular flexibility index (Phi) is 6.86. The van der Waals surface area contributed by atoms with E-state index in [2.05, 4.69) is 28.2 Å². The molecule has 0 rings (SSSR count). The number of nitrogens with zero attached hydrogens (tertiary/aromatic N) is 1. The van der Waals surface area contributed by atoms with Crippen LogP contribution in [-0.2, 0) is 0 Å². The van der Waals surface area contributed by atoms with Gasteiger partial charge in [0.2, 0.25) is 0 Å². The van der Waals surface area contributed by atoms with Crippen molar-refractivity contribution >= 4 is 6.88 Å². The van der Waals surface area contributed by atoms with Crippen molar-refractivity contribution in [2.24, 2.45) is 0 Å². The molecule has 0 unspecified atom stereocenters. The van der Waals surface area contributed by atoms with E-state index in [0.29, 0.717) is 0 Å². The number of hydrogen-bond donors (Lipinski definition) is 0. The maximum atomic E-state index is 13.4. The predicted molar refractivity (Wildman–Crippen MR) is 67.2 cm³/mol. The molecule has 0 atom stereocenters. The summed E-state index contributed by atoms with van der Waals surface area (Å²) in [6.45, 7) is -15.0. The van der Waals surface area contributed by atoms with E-state index >= 15 is 0 Å². The van der Waals surface area contributed by atoms with Gasteiger partial charge >= 0.3 is 121 Å². The second-order valence-corrected chi connectivity index (χ2v) is 11.3. The Balaban J connectivity index is 0. The molecule has 0 aliphatic carbocycles. The number of rotatable bonds is 3. The summed E-state index contributed by atoms with van der Waals surface area (Å²) in [6.07, 6.45) is -26.1. The van der Waals surface area contributed by atoms with Crippen molar-refractivity contribution in [1.82, 2.24) is 0 Å². The molecule has 0 aromatic carbocycles. The number of hydrogen-bond acceptors (Lipinski definition) is 0. The molecule has 30 heavy (non-hydrogen) atoms. The van der Waals surface area contributed by atoms with Crippen molar-refractivity contribution in [2.75, 3.05) is 28.2 Å². The molecule has 0 amide bonds. The van der Waals surface area contributed by atoms with Gasteiger partial charge in [-0.05, 0) is 0 Å². The summed E-state index contributed by atoms with van der Waals surface area (Å²) in [4.78, 5) is 0. The molecule has 0 fully saturated rings. The summed E-state index contributed by atoms with van der Waals surface area (Å²) in [5.74, 6) is 0. The van der Waals surface area contributed by atoms with Crippen molar-refractivity contribution in [2.45, 2.75) is 35.5 Å². The third-order valence-corrected chi connectivity index (χ3v) is 7.18. The van der Waals surface area contributed by atoms with Crippen LogP contribution >= 0.6 is 6.88 Å². The van der Waals surface area contributed by atoms with E-state index in [0.717, 1.165) is 4.48 Å². The van der Waals surface area contributed by atoms with Crippen LogP contribution in [0, 0.1) is 0 Å². The molecular formula is C10H12F18NP. The molecule has 0 N–H and O–H groups in total. The van der Waals surface area contributed by atoms with Gasteiger partial charge < -0.3 is 4.48 Å². The fourth-order valence-electron chi connectivity index (χ4n) is 1.34. The van der Waals surface area contributed by atoms with Gasteiger partial charge in [0.1, 0.15) is 0 Å². The molecular weight excluding hydrogens is 507 g/mol. The van der Waals surface area contributed by atoms with Gasteiger partial charge in [-0.15, -0.1) is 0 Å². The molecule has 1 nitrogen and oxygen atoms in total. The Bertz CT molecular complexity index is 553. The number of quaternary nitrogens is 1. The van der Waals surface area contributed by atoms with Crippen LogP contribution in [-0.4, -0.2) is 68.2 Å².